The largest absolute Gasteiger partial charge is 0.480 e. The SMILES string of the molecule is COc1nc(NC2CCC(C)(OC)CC2)nc2[nH]cc(-c3cc(F)c4nccn4c3)c12. The van der Waals surface area contributed by atoms with E-state index >= 15 is 0 Å². The van der Waals surface area contributed by atoms with Crippen LogP contribution in [0.15, 0.2) is 30.9 Å². The standard InChI is InChI=1S/C22H25FN6O2/c1-22(31-3)6-4-14(5-7-22)26-21-27-18-17(20(28-21)30-2)15(11-25-18)13-10-16(23)19-24-8-9-29(19)12-13/h8-12,14H,4-7H2,1-3H3,(H2,25,26,27,28). The normalized spacial score (nSPS) is 21.6. The molecule has 0 unspecified atom stereocenters. The van der Waals surface area contributed by atoms with Crippen molar-refractivity contribution in [2.45, 2.75) is 44.2 Å². The molecule has 0 spiro atoms. The number of hydrogen-bond donors (Lipinski definition) is 2. The fourth-order valence-electron chi connectivity index (χ4n) is 4.34. The molecule has 1 aliphatic rings. The van der Waals surface area contributed by atoms with E-state index in [0.29, 0.717) is 28.4 Å². The number of methoxy groups -OCH3 is 2. The van der Waals surface area contributed by atoms with Crippen LogP contribution in [0.25, 0.3) is 27.8 Å². The summed E-state index contributed by atoms with van der Waals surface area (Å²) in [4.78, 5) is 16.5. The van der Waals surface area contributed by atoms with E-state index in [4.69, 9.17) is 9.47 Å². The van der Waals surface area contributed by atoms with Crippen LogP contribution in [0.4, 0.5) is 10.3 Å². The lowest BCUT2D eigenvalue weighted by molar-refractivity contribution is -0.0253. The molecule has 31 heavy (non-hydrogen) atoms. The van der Waals surface area contributed by atoms with Crippen molar-refractivity contribution in [1.29, 1.82) is 0 Å². The second-order valence-electron chi connectivity index (χ2n) is 8.29. The zero-order valence-electron chi connectivity index (χ0n) is 17.8. The highest BCUT2D eigenvalue weighted by atomic mass is 19.1. The summed E-state index contributed by atoms with van der Waals surface area (Å²) in [5.74, 6) is 0.558. The molecule has 1 saturated carbocycles. The Morgan fingerprint density at radius 1 is 1.26 bits per heavy atom. The Morgan fingerprint density at radius 2 is 2.06 bits per heavy atom. The van der Waals surface area contributed by atoms with E-state index in [1.54, 1.807) is 37.2 Å². The Hall–Kier alpha value is -3.20. The molecule has 0 aromatic carbocycles. The van der Waals surface area contributed by atoms with Gasteiger partial charge in [0.1, 0.15) is 5.65 Å². The van der Waals surface area contributed by atoms with Gasteiger partial charge in [-0.2, -0.15) is 9.97 Å². The lowest BCUT2D eigenvalue weighted by Gasteiger charge is -2.36. The van der Waals surface area contributed by atoms with Crippen molar-refractivity contribution >= 4 is 22.6 Å². The molecule has 4 aromatic rings. The van der Waals surface area contributed by atoms with Gasteiger partial charge in [-0.05, 0) is 38.7 Å². The van der Waals surface area contributed by atoms with E-state index in [-0.39, 0.29) is 17.3 Å². The van der Waals surface area contributed by atoms with Gasteiger partial charge in [-0.3, -0.25) is 0 Å². The minimum absolute atomic E-state index is 0.0549. The van der Waals surface area contributed by atoms with E-state index in [1.807, 2.05) is 6.20 Å². The van der Waals surface area contributed by atoms with Crippen molar-refractivity contribution < 1.29 is 13.9 Å². The Kier molecular flexibility index (Phi) is 4.77. The molecule has 0 atom stereocenters. The van der Waals surface area contributed by atoms with Crippen molar-refractivity contribution in [3.63, 3.8) is 0 Å². The number of nitrogens with one attached hydrogen (secondary N) is 2. The summed E-state index contributed by atoms with van der Waals surface area (Å²) in [5, 5.41) is 4.15. The highest BCUT2D eigenvalue weighted by Crippen LogP contribution is 2.36. The first-order valence-corrected chi connectivity index (χ1v) is 10.4. The van der Waals surface area contributed by atoms with Crippen LogP contribution in [0, 0.1) is 5.82 Å². The minimum atomic E-state index is -0.393. The van der Waals surface area contributed by atoms with Gasteiger partial charge in [-0.1, -0.05) is 0 Å². The molecule has 0 saturated heterocycles. The summed E-state index contributed by atoms with van der Waals surface area (Å²) in [6.07, 6.45) is 10.8. The number of anilines is 1. The number of pyridine rings is 1. The zero-order chi connectivity index (χ0) is 21.6. The smallest absolute Gasteiger partial charge is 0.228 e. The van der Waals surface area contributed by atoms with Crippen LogP contribution in [-0.2, 0) is 4.74 Å². The van der Waals surface area contributed by atoms with Crippen LogP contribution in [0.2, 0.25) is 0 Å². The van der Waals surface area contributed by atoms with Crippen LogP contribution in [0.3, 0.4) is 0 Å². The van der Waals surface area contributed by atoms with Gasteiger partial charge in [0.25, 0.3) is 0 Å². The molecule has 2 N–H and O–H groups in total. The van der Waals surface area contributed by atoms with Gasteiger partial charge in [0.2, 0.25) is 11.8 Å². The summed E-state index contributed by atoms with van der Waals surface area (Å²) in [5.41, 5.74) is 2.31. The van der Waals surface area contributed by atoms with Crippen LogP contribution < -0.4 is 10.1 Å². The van der Waals surface area contributed by atoms with Crippen molar-refractivity contribution in [1.82, 2.24) is 24.3 Å². The molecular formula is C22H25FN6O2. The highest BCUT2D eigenvalue weighted by Gasteiger charge is 2.31. The fourth-order valence-corrected chi connectivity index (χ4v) is 4.34. The maximum absolute atomic E-state index is 14.5. The minimum Gasteiger partial charge on any atom is -0.480 e. The van der Waals surface area contributed by atoms with E-state index in [1.165, 1.54) is 6.07 Å². The number of fused-ring (bicyclic) bond motifs is 2. The number of ether oxygens (including phenoxy) is 2. The molecule has 0 radical (unpaired) electrons. The number of H-pyrrole nitrogens is 1. The maximum atomic E-state index is 14.5. The summed E-state index contributed by atoms with van der Waals surface area (Å²) < 4.78 is 27.4. The molecule has 5 rings (SSSR count). The molecule has 1 fully saturated rings. The molecule has 0 amide bonds. The quantitative estimate of drug-likeness (QED) is 0.500. The monoisotopic (exact) mass is 424 g/mol. The van der Waals surface area contributed by atoms with Crippen molar-refractivity contribution in [2.75, 3.05) is 19.5 Å². The van der Waals surface area contributed by atoms with E-state index < -0.39 is 5.82 Å². The van der Waals surface area contributed by atoms with Gasteiger partial charge in [0.15, 0.2) is 11.5 Å². The molecular weight excluding hydrogens is 399 g/mol. The van der Waals surface area contributed by atoms with E-state index in [2.05, 4.69) is 32.2 Å². The van der Waals surface area contributed by atoms with E-state index in [0.717, 1.165) is 31.2 Å². The lowest BCUT2D eigenvalue weighted by atomic mass is 9.83. The lowest BCUT2D eigenvalue weighted by Crippen LogP contribution is -2.37. The van der Waals surface area contributed by atoms with Crippen molar-refractivity contribution in [3.8, 4) is 17.0 Å². The molecule has 4 aromatic heterocycles. The second kappa shape index (κ2) is 7.49. The molecule has 9 heteroatoms. The predicted octanol–water partition coefficient (Wildman–Crippen LogP) is 4.18. The van der Waals surface area contributed by atoms with Gasteiger partial charge in [-0.15, -0.1) is 0 Å². The molecule has 162 valence electrons. The van der Waals surface area contributed by atoms with Gasteiger partial charge < -0.3 is 24.2 Å². The number of imidazole rings is 1. The zero-order valence-corrected chi connectivity index (χ0v) is 17.8. The number of aromatic nitrogens is 5. The Bertz CT molecular complexity index is 1240. The summed E-state index contributed by atoms with van der Waals surface area (Å²) in [6, 6.07) is 1.74. The number of nitrogens with zero attached hydrogens (tertiary/aromatic N) is 4. The Labute approximate surface area is 178 Å². The first-order valence-electron chi connectivity index (χ1n) is 10.4. The number of halogens is 1. The first-order chi connectivity index (χ1) is 15.0. The fraction of sp³-hybridized carbons (Fsp3) is 0.409. The second-order valence-corrected chi connectivity index (χ2v) is 8.29. The van der Waals surface area contributed by atoms with Gasteiger partial charge in [-0.25, -0.2) is 9.37 Å². The highest BCUT2D eigenvalue weighted by molar-refractivity contribution is 5.97. The van der Waals surface area contributed by atoms with Crippen LogP contribution in [-0.4, -0.2) is 50.2 Å². The third-order valence-electron chi connectivity index (χ3n) is 6.31. The first kappa shape index (κ1) is 19.7. The summed E-state index contributed by atoms with van der Waals surface area (Å²) >= 11 is 0. The average molecular weight is 424 g/mol. The number of aromatic amines is 1. The Morgan fingerprint density at radius 3 is 2.81 bits per heavy atom. The third kappa shape index (κ3) is 3.48. The maximum Gasteiger partial charge on any atom is 0.228 e. The molecule has 0 bridgehead atoms. The molecule has 4 heterocycles. The van der Waals surface area contributed by atoms with Crippen molar-refractivity contribution in [2.24, 2.45) is 0 Å². The molecule has 8 nitrogen and oxygen atoms in total. The molecule has 0 aliphatic heterocycles. The summed E-state index contributed by atoms with van der Waals surface area (Å²) in [6.45, 7) is 2.15. The number of hydrogen-bond acceptors (Lipinski definition) is 6. The Balaban J connectivity index is 1.48. The van der Waals surface area contributed by atoms with Crippen LogP contribution in [0.5, 0.6) is 5.88 Å². The van der Waals surface area contributed by atoms with Gasteiger partial charge >= 0.3 is 0 Å². The summed E-state index contributed by atoms with van der Waals surface area (Å²) in [7, 11) is 3.35. The third-order valence-corrected chi connectivity index (χ3v) is 6.31. The van der Waals surface area contributed by atoms with Crippen LogP contribution in [0.1, 0.15) is 32.6 Å². The molecule has 1 aliphatic carbocycles. The van der Waals surface area contributed by atoms with Gasteiger partial charge in [0, 0.05) is 49.1 Å². The van der Waals surface area contributed by atoms with Crippen LogP contribution >= 0.6 is 0 Å². The van der Waals surface area contributed by atoms with Crippen molar-refractivity contribution in [3.05, 3.63) is 36.7 Å². The van der Waals surface area contributed by atoms with E-state index in [9.17, 15) is 4.39 Å². The van der Waals surface area contributed by atoms with Gasteiger partial charge in [0.05, 0.1) is 18.1 Å². The number of rotatable bonds is 5. The topological polar surface area (TPSA) is 89.4 Å². The predicted molar refractivity (Wildman–Crippen MR) is 116 cm³/mol. The average Bonchev–Trinajstić information content (AvgIpc) is 3.42.